The standard InChI is InChI=1S/C27H29F3N4O3S/c1-18(34-38(36,37)23-8-3-6-21(15-23)27(28,29)30)13-26(35)33-25-9-2-5-20-14-19(10-11-24(20)25)16-32-22-7-4-12-31-17-22/h3-4,6-8,10-12,14-15,17-18,25,32,34H,2,5,9,13,16H2,1H3,(H,33,35)/t18-,25+/m0/s1. The number of alkyl halides is 3. The van der Waals surface area contributed by atoms with Gasteiger partial charge in [-0.25, -0.2) is 13.1 Å². The van der Waals surface area contributed by atoms with Crippen LogP contribution < -0.4 is 15.4 Å². The van der Waals surface area contributed by atoms with Crippen LogP contribution in [-0.4, -0.2) is 25.4 Å². The SMILES string of the molecule is C[C@@H](CC(=O)N[C@@H]1CCCc2cc(CNc3cccnc3)ccc21)NS(=O)(=O)c1cccc(C(F)(F)F)c1. The molecule has 0 bridgehead atoms. The zero-order valence-electron chi connectivity index (χ0n) is 20.8. The van der Waals surface area contributed by atoms with Crippen LogP contribution in [0.15, 0.2) is 71.9 Å². The van der Waals surface area contributed by atoms with Crippen molar-refractivity contribution in [1.29, 1.82) is 0 Å². The summed E-state index contributed by atoms with van der Waals surface area (Å²) in [4.78, 5) is 16.3. The van der Waals surface area contributed by atoms with Gasteiger partial charge in [0.2, 0.25) is 15.9 Å². The number of pyridine rings is 1. The van der Waals surface area contributed by atoms with E-state index in [1.807, 2.05) is 24.3 Å². The van der Waals surface area contributed by atoms with Gasteiger partial charge in [-0.2, -0.15) is 13.2 Å². The van der Waals surface area contributed by atoms with E-state index >= 15 is 0 Å². The second-order valence-electron chi connectivity index (χ2n) is 9.39. The number of nitrogens with one attached hydrogen (secondary N) is 3. The highest BCUT2D eigenvalue weighted by molar-refractivity contribution is 7.89. The van der Waals surface area contributed by atoms with Gasteiger partial charge < -0.3 is 10.6 Å². The highest BCUT2D eigenvalue weighted by Gasteiger charge is 2.32. The predicted octanol–water partition coefficient (Wildman–Crippen LogP) is 4.96. The molecule has 2 aromatic carbocycles. The molecule has 1 amide bonds. The van der Waals surface area contributed by atoms with E-state index in [0.717, 1.165) is 59.8 Å². The molecule has 0 spiro atoms. The number of hydrogen-bond acceptors (Lipinski definition) is 5. The van der Waals surface area contributed by atoms with Gasteiger partial charge in [0.25, 0.3) is 0 Å². The molecule has 1 aromatic heterocycles. The summed E-state index contributed by atoms with van der Waals surface area (Å²) in [5.74, 6) is -0.343. The van der Waals surface area contributed by atoms with E-state index in [-0.39, 0.29) is 18.4 Å². The van der Waals surface area contributed by atoms with Gasteiger partial charge in [-0.15, -0.1) is 0 Å². The van der Waals surface area contributed by atoms with Crippen molar-refractivity contribution in [2.24, 2.45) is 0 Å². The lowest BCUT2D eigenvalue weighted by atomic mass is 9.86. The Labute approximate surface area is 219 Å². The van der Waals surface area contributed by atoms with Crippen molar-refractivity contribution in [1.82, 2.24) is 15.0 Å². The Bertz CT molecular complexity index is 1380. The quantitative estimate of drug-likeness (QED) is 0.352. The number of aryl methyl sites for hydroxylation is 1. The van der Waals surface area contributed by atoms with Crippen LogP contribution in [0.3, 0.4) is 0 Å². The third-order valence-electron chi connectivity index (χ3n) is 6.33. The Morgan fingerprint density at radius 2 is 1.95 bits per heavy atom. The fraction of sp³-hybridized carbons (Fsp3) is 0.333. The van der Waals surface area contributed by atoms with Crippen LogP contribution in [0.5, 0.6) is 0 Å². The minimum absolute atomic E-state index is 0.156. The monoisotopic (exact) mass is 546 g/mol. The molecule has 0 saturated carbocycles. The van der Waals surface area contributed by atoms with Crippen molar-refractivity contribution in [3.63, 3.8) is 0 Å². The van der Waals surface area contributed by atoms with Gasteiger partial charge in [0.15, 0.2) is 0 Å². The molecule has 0 unspecified atom stereocenters. The number of amides is 1. The molecular formula is C27H29F3N4O3S. The number of carbonyl (C=O) groups is 1. The molecule has 202 valence electrons. The maximum absolute atomic E-state index is 13.0. The third-order valence-corrected chi connectivity index (χ3v) is 7.92. The molecule has 1 aliphatic carbocycles. The summed E-state index contributed by atoms with van der Waals surface area (Å²) in [5, 5.41) is 6.32. The van der Waals surface area contributed by atoms with Crippen molar-refractivity contribution < 1.29 is 26.4 Å². The van der Waals surface area contributed by atoms with Gasteiger partial charge in [0.05, 0.1) is 22.2 Å². The Balaban J connectivity index is 1.35. The summed E-state index contributed by atoms with van der Waals surface area (Å²) in [6.07, 6.45) is 1.21. The Kier molecular flexibility index (Phi) is 8.37. The van der Waals surface area contributed by atoms with Crippen molar-refractivity contribution in [3.8, 4) is 0 Å². The first-order valence-corrected chi connectivity index (χ1v) is 13.7. The zero-order valence-corrected chi connectivity index (χ0v) is 21.6. The second-order valence-corrected chi connectivity index (χ2v) is 11.1. The van der Waals surface area contributed by atoms with Crippen LogP contribution in [-0.2, 0) is 34.0 Å². The highest BCUT2D eigenvalue weighted by atomic mass is 32.2. The molecule has 3 aromatic rings. The van der Waals surface area contributed by atoms with Gasteiger partial charge in [-0.3, -0.25) is 9.78 Å². The molecule has 1 aliphatic rings. The first-order chi connectivity index (χ1) is 18.0. The topological polar surface area (TPSA) is 100 Å². The smallest absolute Gasteiger partial charge is 0.380 e. The third kappa shape index (κ3) is 7.11. The summed E-state index contributed by atoms with van der Waals surface area (Å²) in [6.45, 7) is 2.14. The highest BCUT2D eigenvalue weighted by Crippen LogP contribution is 2.32. The number of rotatable bonds is 9. The number of fused-ring (bicyclic) bond motifs is 1. The van der Waals surface area contributed by atoms with Crippen LogP contribution in [0.1, 0.15) is 54.5 Å². The number of aromatic nitrogens is 1. The van der Waals surface area contributed by atoms with E-state index < -0.39 is 32.7 Å². The molecule has 7 nitrogen and oxygen atoms in total. The van der Waals surface area contributed by atoms with E-state index in [1.165, 1.54) is 6.92 Å². The summed E-state index contributed by atoms with van der Waals surface area (Å²) >= 11 is 0. The van der Waals surface area contributed by atoms with Crippen molar-refractivity contribution in [2.45, 2.75) is 62.3 Å². The van der Waals surface area contributed by atoms with Gasteiger partial charge >= 0.3 is 6.18 Å². The van der Waals surface area contributed by atoms with Gasteiger partial charge in [-0.1, -0.05) is 24.3 Å². The molecule has 38 heavy (non-hydrogen) atoms. The Morgan fingerprint density at radius 3 is 2.68 bits per heavy atom. The average molecular weight is 547 g/mol. The second kappa shape index (κ2) is 11.5. The van der Waals surface area contributed by atoms with Crippen molar-refractivity contribution in [3.05, 3.63) is 89.2 Å². The number of sulfonamides is 1. The first-order valence-electron chi connectivity index (χ1n) is 12.3. The first kappa shape index (κ1) is 27.6. The van der Waals surface area contributed by atoms with E-state index in [9.17, 15) is 26.4 Å². The molecule has 0 fully saturated rings. The summed E-state index contributed by atoms with van der Waals surface area (Å²) < 4.78 is 66.5. The lowest BCUT2D eigenvalue weighted by Gasteiger charge is -2.27. The zero-order chi connectivity index (χ0) is 27.3. The predicted molar refractivity (Wildman–Crippen MR) is 138 cm³/mol. The average Bonchev–Trinajstić information content (AvgIpc) is 2.87. The molecule has 3 N–H and O–H groups in total. The Morgan fingerprint density at radius 1 is 1.13 bits per heavy atom. The molecule has 4 rings (SSSR count). The van der Waals surface area contributed by atoms with Crippen LogP contribution in [0, 0.1) is 0 Å². The van der Waals surface area contributed by atoms with Gasteiger partial charge in [0.1, 0.15) is 0 Å². The number of nitrogens with zero attached hydrogens (tertiary/aromatic N) is 1. The molecular weight excluding hydrogens is 517 g/mol. The summed E-state index contributed by atoms with van der Waals surface area (Å²) in [6, 6.07) is 12.4. The molecule has 11 heteroatoms. The van der Waals surface area contributed by atoms with E-state index in [2.05, 4.69) is 26.4 Å². The molecule has 1 heterocycles. The fourth-order valence-corrected chi connectivity index (χ4v) is 5.83. The molecule has 2 atom stereocenters. The van der Waals surface area contributed by atoms with Gasteiger partial charge in [-0.05, 0) is 73.2 Å². The molecule has 0 radical (unpaired) electrons. The Hall–Kier alpha value is -3.44. The van der Waals surface area contributed by atoms with E-state index in [4.69, 9.17) is 0 Å². The minimum Gasteiger partial charge on any atom is -0.380 e. The van der Waals surface area contributed by atoms with E-state index in [1.54, 1.807) is 12.4 Å². The van der Waals surface area contributed by atoms with Crippen LogP contribution in [0.25, 0.3) is 0 Å². The van der Waals surface area contributed by atoms with Crippen LogP contribution in [0.4, 0.5) is 18.9 Å². The lowest BCUT2D eigenvalue weighted by Crippen LogP contribution is -2.39. The van der Waals surface area contributed by atoms with Crippen molar-refractivity contribution >= 4 is 21.6 Å². The number of carbonyl (C=O) groups excluding carboxylic acids is 1. The largest absolute Gasteiger partial charge is 0.416 e. The number of anilines is 1. The minimum atomic E-state index is -4.66. The number of halogens is 3. The lowest BCUT2D eigenvalue weighted by molar-refractivity contribution is -0.137. The van der Waals surface area contributed by atoms with Crippen LogP contribution in [0.2, 0.25) is 0 Å². The normalized spacial score (nSPS) is 16.4. The maximum atomic E-state index is 13.0. The maximum Gasteiger partial charge on any atom is 0.416 e. The van der Waals surface area contributed by atoms with Crippen LogP contribution >= 0.6 is 0 Å². The van der Waals surface area contributed by atoms with Crippen molar-refractivity contribution in [2.75, 3.05) is 5.32 Å². The summed E-state index contributed by atoms with van der Waals surface area (Å²) in [5.41, 5.74) is 3.17. The van der Waals surface area contributed by atoms with E-state index in [0.29, 0.717) is 12.6 Å². The summed E-state index contributed by atoms with van der Waals surface area (Å²) in [7, 11) is -4.24. The molecule has 0 saturated heterocycles. The number of hydrogen-bond donors (Lipinski definition) is 3. The fourth-order valence-electron chi connectivity index (χ4n) is 4.54. The number of benzene rings is 2. The molecule has 0 aliphatic heterocycles. The van der Waals surface area contributed by atoms with Gasteiger partial charge in [0, 0.05) is 31.4 Å².